The van der Waals surface area contributed by atoms with Crippen molar-refractivity contribution in [1.29, 1.82) is 0 Å². The van der Waals surface area contributed by atoms with Crippen LogP contribution >= 0.6 is 0 Å². The summed E-state index contributed by atoms with van der Waals surface area (Å²) in [5.41, 5.74) is 0.154. The average Bonchev–Trinajstić information content (AvgIpc) is 2.51. The Hall–Kier alpha value is -2.13. The van der Waals surface area contributed by atoms with Crippen LogP contribution in [0, 0.1) is 5.92 Å². The van der Waals surface area contributed by atoms with E-state index in [0.717, 1.165) is 0 Å². The number of carbonyl (C=O) groups excluding carboxylic acids is 1. The van der Waals surface area contributed by atoms with Gasteiger partial charge in [0, 0.05) is 0 Å². The number of carboxylic acid groups (broad SMARTS) is 1. The molecule has 0 aromatic heterocycles. The Morgan fingerprint density at radius 1 is 1.25 bits per heavy atom. The number of nitrogens with one attached hydrogen (secondary N) is 1. The maximum Gasteiger partial charge on any atom is 0.322 e. The average molecular weight is 359 g/mol. The zero-order valence-corrected chi connectivity index (χ0v) is 14.7. The van der Waals surface area contributed by atoms with E-state index in [9.17, 15) is 18.0 Å². The third-order valence-electron chi connectivity index (χ3n) is 3.33. The van der Waals surface area contributed by atoms with Crippen molar-refractivity contribution < 1.29 is 32.6 Å². The van der Waals surface area contributed by atoms with Crippen LogP contribution in [0.1, 0.15) is 19.4 Å². The first-order chi connectivity index (χ1) is 11.1. The molecule has 9 heteroatoms. The second-order valence-corrected chi connectivity index (χ2v) is 7.09. The van der Waals surface area contributed by atoms with E-state index >= 15 is 0 Å². The smallest absolute Gasteiger partial charge is 0.322 e. The zero-order chi connectivity index (χ0) is 18.5. The van der Waals surface area contributed by atoms with Crippen molar-refractivity contribution in [3.05, 3.63) is 23.8 Å². The Balaban J connectivity index is 3.31. The summed E-state index contributed by atoms with van der Waals surface area (Å²) in [6.45, 7) is 3.18. The largest absolute Gasteiger partial charge is 0.497 e. The highest BCUT2D eigenvalue weighted by molar-refractivity contribution is 7.89. The van der Waals surface area contributed by atoms with Gasteiger partial charge < -0.3 is 14.6 Å². The van der Waals surface area contributed by atoms with Gasteiger partial charge in [-0.2, -0.15) is 4.72 Å². The molecule has 0 spiro atoms. The number of esters is 1. The number of carbonyl (C=O) groups is 2. The Labute approximate surface area is 140 Å². The summed E-state index contributed by atoms with van der Waals surface area (Å²) in [7, 11) is -1.56. The Morgan fingerprint density at radius 3 is 2.33 bits per heavy atom. The van der Waals surface area contributed by atoms with E-state index < -0.39 is 33.9 Å². The van der Waals surface area contributed by atoms with Gasteiger partial charge >= 0.3 is 11.9 Å². The lowest BCUT2D eigenvalue weighted by Gasteiger charge is -2.19. The van der Waals surface area contributed by atoms with E-state index in [1.165, 1.54) is 32.4 Å². The van der Waals surface area contributed by atoms with Crippen LogP contribution in [-0.2, 0) is 30.8 Å². The Kier molecular flexibility index (Phi) is 6.73. The second kappa shape index (κ2) is 8.11. The van der Waals surface area contributed by atoms with Crippen LogP contribution in [0.4, 0.5) is 0 Å². The number of aliphatic carboxylic acids is 1. The molecule has 8 nitrogen and oxygen atoms in total. The lowest BCUT2D eigenvalue weighted by Crippen LogP contribution is -2.44. The van der Waals surface area contributed by atoms with Crippen molar-refractivity contribution in [3.8, 4) is 5.75 Å². The summed E-state index contributed by atoms with van der Waals surface area (Å²) in [5, 5.41) is 9.17. The van der Waals surface area contributed by atoms with Crippen molar-refractivity contribution in [2.45, 2.75) is 31.2 Å². The first kappa shape index (κ1) is 19.9. The van der Waals surface area contributed by atoms with E-state index in [0.29, 0.717) is 5.75 Å². The van der Waals surface area contributed by atoms with Crippen LogP contribution in [0.5, 0.6) is 5.75 Å². The molecule has 24 heavy (non-hydrogen) atoms. The van der Waals surface area contributed by atoms with Crippen LogP contribution in [0.3, 0.4) is 0 Å². The number of carboxylic acids is 1. The van der Waals surface area contributed by atoms with E-state index in [1.54, 1.807) is 13.8 Å². The minimum absolute atomic E-state index is 0.154. The zero-order valence-electron chi connectivity index (χ0n) is 13.9. The normalized spacial score (nSPS) is 12.7. The molecule has 1 atom stereocenters. The molecule has 2 N–H and O–H groups in total. The number of hydrogen-bond donors (Lipinski definition) is 2. The summed E-state index contributed by atoms with van der Waals surface area (Å²) in [5.74, 6) is -2.00. The fourth-order valence-corrected chi connectivity index (χ4v) is 3.57. The number of sulfonamides is 1. The standard InChI is InChI=1S/C15H21NO7S/c1-9(2)14(15(18)19)16-24(20,21)12-6-5-11(22-3)7-10(12)8-13(17)23-4/h5-7,9,14,16H,8H2,1-4H3,(H,18,19). The van der Waals surface area contributed by atoms with Crippen LogP contribution in [0.15, 0.2) is 23.1 Å². The molecule has 0 fully saturated rings. The monoisotopic (exact) mass is 359 g/mol. The van der Waals surface area contributed by atoms with E-state index in [4.69, 9.17) is 9.84 Å². The predicted octanol–water partition coefficient (Wildman–Crippen LogP) is 0.798. The summed E-state index contributed by atoms with van der Waals surface area (Å²) in [4.78, 5) is 22.6. The van der Waals surface area contributed by atoms with Gasteiger partial charge in [0.2, 0.25) is 10.0 Å². The minimum atomic E-state index is -4.15. The number of rotatable bonds is 8. The van der Waals surface area contributed by atoms with Gasteiger partial charge in [-0.25, -0.2) is 8.42 Å². The molecule has 0 heterocycles. The van der Waals surface area contributed by atoms with Crippen LogP contribution in [-0.4, -0.2) is 45.7 Å². The van der Waals surface area contributed by atoms with Crippen LogP contribution in [0.2, 0.25) is 0 Å². The fourth-order valence-electron chi connectivity index (χ4n) is 2.01. The molecule has 0 saturated heterocycles. The fraction of sp³-hybridized carbons (Fsp3) is 0.467. The molecular formula is C15H21NO7S. The molecule has 0 saturated carbocycles. The van der Waals surface area contributed by atoms with E-state index in [-0.39, 0.29) is 16.9 Å². The number of benzene rings is 1. The minimum Gasteiger partial charge on any atom is -0.497 e. The summed E-state index contributed by atoms with van der Waals surface area (Å²) >= 11 is 0. The molecule has 0 amide bonds. The molecule has 1 aromatic rings. The van der Waals surface area contributed by atoms with Crippen molar-refractivity contribution in [2.24, 2.45) is 5.92 Å². The number of ether oxygens (including phenoxy) is 2. The molecule has 1 unspecified atom stereocenters. The molecule has 1 rings (SSSR count). The summed E-state index contributed by atoms with van der Waals surface area (Å²) < 4.78 is 36.9. The Morgan fingerprint density at radius 2 is 1.88 bits per heavy atom. The highest BCUT2D eigenvalue weighted by Crippen LogP contribution is 2.23. The molecule has 0 aliphatic heterocycles. The van der Waals surface area contributed by atoms with Crippen molar-refractivity contribution in [1.82, 2.24) is 4.72 Å². The van der Waals surface area contributed by atoms with Crippen molar-refractivity contribution >= 4 is 22.0 Å². The molecule has 134 valence electrons. The van der Waals surface area contributed by atoms with E-state index in [1.807, 2.05) is 0 Å². The lowest BCUT2D eigenvalue weighted by molar-refractivity contribution is -0.140. The maximum atomic E-state index is 12.6. The third-order valence-corrected chi connectivity index (χ3v) is 4.88. The van der Waals surface area contributed by atoms with Gasteiger partial charge in [0.05, 0.1) is 25.5 Å². The van der Waals surface area contributed by atoms with Gasteiger partial charge in [0.15, 0.2) is 0 Å². The first-order valence-electron chi connectivity index (χ1n) is 7.11. The van der Waals surface area contributed by atoms with Gasteiger partial charge in [-0.3, -0.25) is 9.59 Å². The Bertz CT molecular complexity index is 713. The highest BCUT2D eigenvalue weighted by atomic mass is 32.2. The molecule has 0 aliphatic rings. The highest BCUT2D eigenvalue weighted by Gasteiger charge is 2.30. The van der Waals surface area contributed by atoms with Gasteiger partial charge in [0.25, 0.3) is 0 Å². The molecule has 0 aliphatic carbocycles. The van der Waals surface area contributed by atoms with Crippen molar-refractivity contribution in [3.63, 3.8) is 0 Å². The number of methoxy groups -OCH3 is 2. The second-order valence-electron chi connectivity index (χ2n) is 5.41. The molecule has 0 radical (unpaired) electrons. The van der Waals surface area contributed by atoms with Crippen LogP contribution in [0.25, 0.3) is 0 Å². The maximum absolute atomic E-state index is 12.6. The first-order valence-corrected chi connectivity index (χ1v) is 8.59. The molecule has 1 aromatic carbocycles. The molecular weight excluding hydrogens is 338 g/mol. The van der Waals surface area contributed by atoms with Gasteiger partial charge in [-0.05, 0) is 29.7 Å². The van der Waals surface area contributed by atoms with Crippen LogP contribution < -0.4 is 9.46 Å². The van der Waals surface area contributed by atoms with Crippen molar-refractivity contribution in [2.75, 3.05) is 14.2 Å². The van der Waals surface area contributed by atoms with Gasteiger partial charge in [0.1, 0.15) is 11.8 Å². The van der Waals surface area contributed by atoms with Gasteiger partial charge in [-0.1, -0.05) is 13.8 Å². The van der Waals surface area contributed by atoms with Gasteiger partial charge in [-0.15, -0.1) is 0 Å². The quantitative estimate of drug-likeness (QED) is 0.659. The lowest BCUT2D eigenvalue weighted by atomic mass is 10.1. The predicted molar refractivity (Wildman–Crippen MR) is 85.3 cm³/mol. The number of hydrogen-bond acceptors (Lipinski definition) is 6. The molecule has 0 bridgehead atoms. The topological polar surface area (TPSA) is 119 Å². The summed E-state index contributed by atoms with van der Waals surface area (Å²) in [6, 6.07) is 2.79. The van der Waals surface area contributed by atoms with E-state index in [2.05, 4.69) is 9.46 Å². The SMILES string of the molecule is COC(=O)Cc1cc(OC)ccc1S(=O)(=O)NC(C(=O)O)C(C)C. The third kappa shape index (κ3) is 4.93. The summed E-state index contributed by atoms with van der Waals surface area (Å²) in [6.07, 6.45) is -0.288.